The summed E-state index contributed by atoms with van der Waals surface area (Å²) in [6.07, 6.45) is 1.47. The normalized spacial score (nSPS) is 20.8. The van der Waals surface area contributed by atoms with Gasteiger partial charge in [0.05, 0.1) is 25.6 Å². The van der Waals surface area contributed by atoms with Gasteiger partial charge in [-0.2, -0.15) is 0 Å². The lowest BCUT2D eigenvalue weighted by atomic mass is 9.97. The van der Waals surface area contributed by atoms with E-state index in [1.165, 1.54) is 6.07 Å². The molecule has 0 aliphatic carbocycles. The molecular formula is C17H24FN2O3+. The van der Waals surface area contributed by atoms with Gasteiger partial charge >= 0.3 is 5.97 Å². The number of ether oxygens (including phenoxy) is 1. The average molecular weight is 323 g/mol. The van der Waals surface area contributed by atoms with Gasteiger partial charge < -0.3 is 15.0 Å². The second-order valence-corrected chi connectivity index (χ2v) is 5.97. The van der Waals surface area contributed by atoms with Crippen molar-refractivity contribution in [1.29, 1.82) is 0 Å². The minimum absolute atomic E-state index is 0.0482. The number of esters is 1. The quantitative estimate of drug-likeness (QED) is 0.793. The fraction of sp³-hybridized carbons (Fsp3) is 0.529. The summed E-state index contributed by atoms with van der Waals surface area (Å²) < 4.78 is 18.5. The van der Waals surface area contributed by atoms with E-state index in [0.717, 1.165) is 30.8 Å². The molecule has 1 heterocycles. The summed E-state index contributed by atoms with van der Waals surface area (Å²) in [4.78, 5) is 24.9. The Bertz CT molecular complexity index is 569. The molecule has 1 amide bonds. The molecule has 0 spiro atoms. The van der Waals surface area contributed by atoms with Gasteiger partial charge in [0.25, 0.3) is 5.91 Å². The van der Waals surface area contributed by atoms with Crippen LogP contribution in [0.3, 0.4) is 0 Å². The van der Waals surface area contributed by atoms with Gasteiger partial charge in [-0.05, 0) is 31.5 Å². The van der Waals surface area contributed by atoms with Crippen LogP contribution in [0.15, 0.2) is 18.2 Å². The Morgan fingerprint density at radius 3 is 2.65 bits per heavy atom. The van der Waals surface area contributed by atoms with Crippen molar-refractivity contribution in [3.63, 3.8) is 0 Å². The number of likely N-dealkylation sites (tertiary alicyclic amines) is 1. The van der Waals surface area contributed by atoms with Gasteiger partial charge in [-0.1, -0.05) is 6.07 Å². The SMILES string of the molecule is CCOC(=O)C1CC[NH+](CC(=O)Nc2ccc(C)c(F)c2)CC1. The fourth-order valence-corrected chi connectivity index (χ4v) is 2.80. The molecule has 6 heteroatoms. The monoisotopic (exact) mass is 323 g/mol. The number of quaternary nitrogens is 1. The number of rotatable bonds is 5. The largest absolute Gasteiger partial charge is 0.466 e. The maximum absolute atomic E-state index is 13.5. The first kappa shape index (κ1) is 17.4. The topological polar surface area (TPSA) is 59.8 Å². The zero-order valence-electron chi connectivity index (χ0n) is 13.7. The lowest BCUT2D eigenvalue weighted by molar-refractivity contribution is -0.897. The summed E-state index contributed by atoms with van der Waals surface area (Å²) >= 11 is 0. The van der Waals surface area contributed by atoms with Crippen molar-refractivity contribution in [2.45, 2.75) is 26.7 Å². The van der Waals surface area contributed by atoms with E-state index in [-0.39, 0.29) is 23.6 Å². The van der Waals surface area contributed by atoms with E-state index in [1.807, 2.05) is 0 Å². The number of piperidine rings is 1. The van der Waals surface area contributed by atoms with E-state index < -0.39 is 0 Å². The van der Waals surface area contributed by atoms with Crippen molar-refractivity contribution >= 4 is 17.6 Å². The second kappa shape index (κ2) is 8.06. The highest BCUT2D eigenvalue weighted by molar-refractivity contribution is 5.91. The molecule has 2 rings (SSSR count). The summed E-state index contributed by atoms with van der Waals surface area (Å²) in [6.45, 7) is 5.74. The van der Waals surface area contributed by atoms with E-state index in [0.29, 0.717) is 24.4 Å². The van der Waals surface area contributed by atoms with E-state index in [4.69, 9.17) is 4.74 Å². The van der Waals surface area contributed by atoms with Gasteiger partial charge in [-0.15, -0.1) is 0 Å². The van der Waals surface area contributed by atoms with E-state index in [1.54, 1.807) is 26.0 Å². The molecule has 1 aliphatic rings. The number of carbonyl (C=O) groups excluding carboxylic acids is 2. The van der Waals surface area contributed by atoms with Crippen molar-refractivity contribution < 1.29 is 23.6 Å². The van der Waals surface area contributed by atoms with Crippen molar-refractivity contribution in [1.82, 2.24) is 0 Å². The molecule has 5 nitrogen and oxygen atoms in total. The van der Waals surface area contributed by atoms with Gasteiger partial charge in [-0.25, -0.2) is 4.39 Å². The maximum atomic E-state index is 13.5. The zero-order chi connectivity index (χ0) is 16.8. The van der Waals surface area contributed by atoms with Crippen LogP contribution in [0.5, 0.6) is 0 Å². The van der Waals surface area contributed by atoms with Crippen LogP contribution in [0, 0.1) is 18.7 Å². The standard InChI is InChI=1S/C17H23FN2O3/c1-3-23-17(22)13-6-8-20(9-7-13)11-16(21)19-14-5-4-12(2)15(18)10-14/h4-5,10,13H,3,6-9,11H2,1-2H3,(H,19,21)/p+1. The summed E-state index contributed by atoms with van der Waals surface area (Å²) in [7, 11) is 0. The summed E-state index contributed by atoms with van der Waals surface area (Å²) in [5, 5.41) is 2.72. The van der Waals surface area contributed by atoms with E-state index >= 15 is 0 Å². The number of carbonyl (C=O) groups is 2. The number of amides is 1. The minimum Gasteiger partial charge on any atom is -0.466 e. The molecule has 0 radical (unpaired) electrons. The Hall–Kier alpha value is -1.95. The lowest BCUT2D eigenvalue weighted by Crippen LogP contribution is -3.14. The average Bonchev–Trinajstić information content (AvgIpc) is 2.52. The molecule has 2 N–H and O–H groups in total. The number of benzene rings is 1. The first-order valence-corrected chi connectivity index (χ1v) is 8.05. The first-order chi connectivity index (χ1) is 11.0. The molecule has 1 aromatic carbocycles. The van der Waals surface area contributed by atoms with Gasteiger partial charge in [0, 0.05) is 18.5 Å². The Morgan fingerprint density at radius 2 is 2.04 bits per heavy atom. The zero-order valence-corrected chi connectivity index (χ0v) is 13.7. The Kier molecular flexibility index (Phi) is 6.10. The highest BCUT2D eigenvalue weighted by atomic mass is 19.1. The van der Waals surface area contributed by atoms with Crippen LogP contribution in [-0.4, -0.2) is 38.1 Å². The van der Waals surface area contributed by atoms with Crippen LogP contribution >= 0.6 is 0 Å². The molecule has 1 saturated heterocycles. The number of hydrogen-bond donors (Lipinski definition) is 2. The predicted molar refractivity (Wildman–Crippen MR) is 84.7 cm³/mol. The molecule has 0 bridgehead atoms. The highest BCUT2D eigenvalue weighted by Crippen LogP contribution is 2.13. The van der Waals surface area contributed by atoms with Gasteiger partial charge in [0.2, 0.25) is 0 Å². The summed E-state index contributed by atoms with van der Waals surface area (Å²) in [5.74, 6) is -0.651. The second-order valence-electron chi connectivity index (χ2n) is 5.97. The summed E-state index contributed by atoms with van der Waals surface area (Å²) in [5.41, 5.74) is 1.02. The third-order valence-corrected chi connectivity index (χ3v) is 4.18. The minimum atomic E-state index is -0.328. The van der Waals surface area contributed by atoms with Crippen LogP contribution in [0.25, 0.3) is 0 Å². The predicted octanol–water partition coefficient (Wildman–Crippen LogP) is 0.931. The van der Waals surface area contributed by atoms with Crippen molar-refractivity contribution in [3.05, 3.63) is 29.6 Å². The molecule has 1 fully saturated rings. The van der Waals surface area contributed by atoms with Crippen LogP contribution in [0.4, 0.5) is 10.1 Å². The molecule has 0 unspecified atom stereocenters. The molecule has 1 aliphatic heterocycles. The number of hydrogen-bond acceptors (Lipinski definition) is 3. The number of halogens is 1. The molecule has 0 atom stereocenters. The van der Waals surface area contributed by atoms with Gasteiger partial charge in [0.15, 0.2) is 6.54 Å². The summed E-state index contributed by atoms with van der Waals surface area (Å²) in [6, 6.07) is 4.66. The lowest BCUT2D eigenvalue weighted by Gasteiger charge is -2.27. The Morgan fingerprint density at radius 1 is 1.35 bits per heavy atom. The van der Waals surface area contributed by atoms with Crippen LogP contribution in [-0.2, 0) is 14.3 Å². The molecular weight excluding hydrogens is 299 g/mol. The molecule has 1 aromatic rings. The number of nitrogens with one attached hydrogen (secondary N) is 2. The van der Waals surface area contributed by atoms with Crippen molar-refractivity contribution in [2.75, 3.05) is 31.6 Å². The molecule has 23 heavy (non-hydrogen) atoms. The Balaban J connectivity index is 1.78. The van der Waals surface area contributed by atoms with Crippen LogP contribution in [0.1, 0.15) is 25.3 Å². The van der Waals surface area contributed by atoms with Gasteiger partial charge in [0.1, 0.15) is 5.82 Å². The molecule has 126 valence electrons. The first-order valence-electron chi connectivity index (χ1n) is 8.05. The highest BCUT2D eigenvalue weighted by Gasteiger charge is 2.29. The smallest absolute Gasteiger partial charge is 0.309 e. The number of anilines is 1. The van der Waals surface area contributed by atoms with Crippen LogP contribution in [0.2, 0.25) is 0 Å². The van der Waals surface area contributed by atoms with Crippen molar-refractivity contribution in [2.24, 2.45) is 5.92 Å². The molecule has 0 aromatic heterocycles. The van der Waals surface area contributed by atoms with Gasteiger partial charge in [-0.3, -0.25) is 9.59 Å². The van der Waals surface area contributed by atoms with Crippen molar-refractivity contribution in [3.8, 4) is 0 Å². The number of aryl methyl sites for hydroxylation is 1. The van der Waals surface area contributed by atoms with Crippen LogP contribution < -0.4 is 10.2 Å². The third-order valence-electron chi connectivity index (χ3n) is 4.18. The van der Waals surface area contributed by atoms with E-state index in [9.17, 15) is 14.0 Å². The maximum Gasteiger partial charge on any atom is 0.309 e. The third kappa shape index (κ3) is 5.03. The van der Waals surface area contributed by atoms with E-state index in [2.05, 4.69) is 5.32 Å². The molecule has 0 saturated carbocycles. The fourth-order valence-electron chi connectivity index (χ4n) is 2.80. The Labute approximate surface area is 135 Å².